The third kappa shape index (κ3) is 7.59. The van der Waals surface area contributed by atoms with Crippen LogP contribution in [0.25, 0.3) is 10.8 Å². The number of phenolic OH excluding ortho intramolecular Hbond substituents is 1. The number of terminal acetylenes is 1. The highest BCUT2D eigenvalue weighted by molar-refractivity contribution is 5.92. The third-order valence-corrected chi connectivity index (χ3v) is 11.5. The number of fused-ring (bicyclic) bond motifs is 2. The molecule has 1 aromatic heterocycles. The molecule has 1 N–H and O–H groups in total. The van der Waals surface area contributed by atoms with Crippen LogP contribution < -0.4 is 9.64 Å². The normalized spacial score (nSPS) is 21.8. The summed E-state index contributed by atoms with van der Waals surface area (Å²) in [6.45, 7) is 7.05. The Morgan fingerprint density at radius 3 is 2.75 bits per heavy atom. The number of piperidine rings is 1. The number of ether oxygens (including phenoxy) is 3. The van der Waals surface area contributed by atoms with Crippen LogP contribution in [0.1, 0.15) is 73.9 Å². The second kappa shape index (κ2) is 15.5. The topological polar surface area (TPSA) is 124 Å². The van der Waals surface area contributed by atoms with E-state index < -0.39 is 6.10 Å². The number of hydrogen-bond acceptors (Lipinski definition) is 10. The Hall–Kier alpha value is -4.68. The monoisotopic (exact) mass is 704 g/mol. The summed E-state index contributed by atoms with van der Waals surface area (Å²) >= 11 is 0. The minimum absolute atomic E-state index is 0.0782. The second-order valence-corrected chi connectivity index (χ2v) is 14.6. The molecule has 2 saturated heterocycles. The summed E-state index contributed by atoms with van der Waals surface area (Å²) in [5, 5.41) is 22.2. The molecule has 4 heterocycles. The highest BCUT2D eigenvalue weighted by atomic mass is 16.5. The molecule has 2 atom stereocenters. The van der Waals surface area contributed by atoms with Crippen molar-refractivity contribution in [2.24, 2.45) is 5.41 Å². The van der Waals surface area contributed by atoms with Gasteiger partial charge in [0.05, 0.1) is 49.6 Å². The van der Waals surface area contributed by atoms with E-state index >= 15 is 0 Å². The van der Waals surface area contributed by atoms with Gasteiger partial charge in [-0.25, -0.2) is 0 Å². The number of anilines is 1. The summed E-state index contributed by atoms with van der Waals surface area (Å²) in [5.41, 5.74) is 3.42. The minimum atomic E-state index is -0.406. The summed E-state index contributed by atoms with van der Waals surface area (Å²) in [5.74, 6) is 3.58. The molecule has 272 valence electrons. The number of benzene rings is 2. The van der Waals surface area contributed by atoms with Crippen LogP contribution in [0.3, 0.4) is 0 Å². The smallest absolute Gasteiger partial charge is 0.318 e. The highest BCUT2D eigenvalue weighted by Gasteiger charge is 2.42. The summed E-state index contributed by atoms with van der Waals surface area (Å²) in [4.78, 5) is 29.7. The first-order valence-electron chi connectivity index (χ1n) is 18.5. The van der Waals surface area contributed by atoms with Gasteiger partial charge in [0, 0.05) is 80.8 Å². The molecule has 7 rings (SSSR count). The van der Waals surface area contributed by atoms with Crippen molar-refractivity contribution in [2.45, 2.75) is 76.7 Å². The lowest BCUT2D eigenvalue weighted by molar-refractivity contribution is -0.128. The maximum atomic E-state index is 13.5. The number of piperazine rings is 1. The molecule has 3 aliphatic heterocycles. The van der Waals surface area contributed by atoms with E-state index in [4.69, 9.17) is 30.6 Å². The van der Waals surface area contributed by atoms with Crippen LogP contribution in [-0.4, -0.2) is 95.9 Å². The molecule has 3 fully saturated rings. The average molecular weight is 705 g/mol. The zero-order valence-electron chi connectivity index (χ0n) is 30.2. The molecule has 11 nitrogen and oxygen atoms in total. The molecule has 0 bridgehead atoms. The molecule has 52 heavy (non-hydrogen) atoms. The van der Waals surface area contributed by atoms with Gasteiger partial charge in [-0.15, -0.1) is 6.42 Å². The fourth-order valence-corrected chi connectivity index (χ4v) is 7.91. The van der Waals surface area contributed by atoms with Crippen LogP contribution in [-0.2, 0) is 27.3 Å². The molecule has 4 aliphatic rings. The number of rotatable bonds is 11. The fourth-order valence-electron chi connectivity index (χ4n) is 7.91. The van der Waals surface area contributed by atoms with Gasteiger partial charge in [0.25, 0.3) is 0 Å². The summed E-state index contributed by atoms with van der Waals surface area (Å²) in [6.07, 6.45) is 15.3. The SMILES string of the molecule is C#Cc1cccc2cc(O)cc([C@@H]3Cc4nc(OCC5(CC)CC5)nc(N5CCN(C(=O)/C=C/CN6CCC(OC)CC6)[C@@H](CC#N)C5)c4CO3)c12. The maximum Gasteiger partial charge on any atom is 0.318 e. The lowest BCUT2D eigenvalue weighted by Crippen LogP contribution is -2.55. The zero-order chi connectivity index (χ0) is 36.2. The quantitative estimate of drug-likeness (QED) is 0.208. The van der Waals surface area contributed by atoms with Crippen molar-refractivity contribution >= 4 is 22.5 Å². The first-order chi connectivity index (χ1) is 25.3. The van der Waals surface area contributed by atoms with E-state index in [9.17, 15) is 15.2 Å². The van der Waals surface area contributed by atoms with E-state index in [1.165, 1.54) is 0 Å². The Labute approximate surface area is 306 Å². The Bertz CT molecular complexity index is 1900. The Morgan fingerprint density at radius 2 is 2.02 bits per heavy atom. The van der Waals surface area contributed by atoms with Gasteiger partial charge in [-0.3, -0.25) is 9.69 Å². The van der Waals surface area contributed by atoms with Gasteiger partial charge in [-0.1, -0.05) is 31.1 Å². The molecule has 11 heteroatoms. The Kier molecular flexibility index (Phi) is 10.7. The molecule has 1 aliphatic carbocycles. The molecule has 0 spiro atoms. The van der Waals surface area contributed by atoms with Crippen LogP contribution in [0.5, 0.6) is 11.8 Å². The largest absolute Gasteiger partial charge is 0.508 e. The van der Waals surface area contributed by atoms with E-state index in [0.717, 1.165) is 84.2 Å². The summed E-state index contributed by atoms with van der Waals surface area (Å²) in [7, 11) is 1.76. The van der Waals surface area contributed by atoms with Gasteiger partial charge in [0.15, 0.2) is 0 Å². The van der Waals surface area contributed by atoms with Crippen LogP contribution in [0, 0.1) is 29.1 Å². The van der Waals surface area contributed by atoms with Gasteiger partial charge < -0.3 is 29.1 Å². The van der Waals surface area contributed by atoms with Gasteiger partial charge in [0.1, 0.15) is 11.6 Å². The molecule has 1 amide bonds. The van der Waals surface area contributed by atoms with Gasteiger partial charge in [0.2, 0.25) is 5.91 Å². The molecule has 0 radical (unpaired) electrons. The number of aromatic hydroxyl groups is 1. The van der Waals surface area contributed by atoms with Crippen molar-refractivity contribution in [3.8, 4) is 30.2 Å². The second-order valence-electron chi connectivity index (χ2n) is 14.6. The van der Waals surface area contributed by atoms with E-state index in [1.807, 2.05) is 29.2 Å². The molecule has 3 aromatic rings. The number of nitrogens with zero attached hydrogens (tertiary/aromatic N) is 6. The first-order valence-corrected chi connectivity index (χ1v) is 18.5. The zero-order valence-corrected chi connectivity index (χ0v) is 30.2. The molecule has 0 unspecified atom stereocenters. The lowest BCUT2D eigenvalue weighted by atomic mass is 9.92. The van der Waals surface area contributed by atoms with Crippen LogP contribution in [0.2, 0.25) is 0 Å². The van der Waals surface area contributed by atoms with Crippen molar-refractivity contribution in [1.29, 1.82) is 5.26 Å². The van der Waals surface area contributed by atoms with Crippen molar-refractivity contribution in [1.82, 2.24) is 19.8 Å². The average Bonchev–Trinajstić information content (AvgIpc) is 3.96. The van der Waals surface area contributed by atoms with Gasteiger partial charge >= 0.3 is 6.01 Å². The first kappa shape index (κ1) is 35.7. The number of carbonyl (C=O) groups excluding carboxylic acids is 1. The van der Waals surface area contributed by atoms with Gasteiger partial charge in [-0.05, 0) is 61.3 Å². The lowest BCUT2D eigenvalue weighted by Gasteiger charge is -2.42. The number of hydrogen-bond donors (Lipinski definition) is 1. The molecular formula is C41H48N6O5. The van der Waals surface area contributed by atoms with E-state index in [1.54, 1.807) is 25.3 Å². The highest BCUT2D eigenvalue weighted by Crippen LogP contribution is 2.49. The number of methoxy groups -OCH3 is 1. The third-order valence-electron chi connectivity index (χ3n) is 11.5. The van der Waals surface area contributed by atoms with Crippen molar-refractivity contribution < 1.29 is 24.1 Å². The molecule has 2 aromatic carbocycles. The Morgan fingerprint density at radius 1 is 1.19 bits per heavy atom. The minimum Gasteiger partial charge on any atom is -0.508 e. The van der Waals surface area contributed by atoms with Crippen LogP contribution >= 0.6 is 0 Å². The maximum absolute atomic E-state index is 13.5. The standard InChI is InChI=1S/C41H48N6O5/c1-4-28-8-6-9-29-22-31(48)23-33(38(28)29)36-24-35-34(26-51-36)39(44-40(43-35)52-27-41(5-2)14-15-41)46-20-21-47(30(25-46)11-16-42)37(49)10-7-17-45-18-12-32(50-3)13-19-45/h1,6-10,22-23,30,32,36,48H,5,11-15,17-21,24-27H2,2-3H3/b10-7+/t30-,36-/m0/s1. The van der Waals surface area contributed by atoms with Crippen LogP contribution in [0.4, 0.5) is 5.82 Å². The van der Waals surface area contributed by atoms with E-state index in [2.05, 4.69) is 28.7 Å². The fraction of sp³-hybridized carbons (Fsp3) is 0.512. The number of phenols is 1. The van der Waals surface area contributed by atoms with Crippen LogP contribution in [0.15, 0.2) is 42.5 Å². The van der Waals surface area contributed by atoms with Gasteiger partial charge in [-0.2, -0.15) is 15.2 Å². The van der Waals surface area contributed by atoms with Crippen molar-refractivity contribution in [3.05, 3.63) is 64.9 Å². The predicted octanol–water partition coefficient (Wildman–Crippen LogP) is 5.30. The summed E-state index contributed by atoms with van der Waals surface area (Å²) < 4.78 is 18.4. The van der Waals surface area contributed by atoms with E-state index in [-0.39, 0.29) is 36.1 Å². The Balaban J connectivity index is 1.13. The number of carbonyl (C=O) groups is 1. The van der Waals surface area contributed by atoms with E-state index in [0.29, 0.717) is 51.3 Å². The number of likely N-dealkylation sites (tertiary alicyclic amines) is 1. The molecule has 1 saturated carbocycles. The molecular weight excluding hydrogens is 656 g/mol. The summed E-state index contributed by atoms with van der Waals surface area (Å²) in [6, 6.07) is 11.5. The van der Waals surface area contributed by atoms with Crippen molar-refractivity contribution in [2.75, 3.05) is 57.9 Å². The van der Waals surface area contributed by atoms with Crippen molar-refractivity contribution in [3.63, 3.8) is 0 Å². The number of nitriles is 1. The predicted molar refractivity (Wildman–Crippen MR) is 198 cm³/mol. The number of amides is 1. The number of aromatic nitrogens is 2.